The predicted octanol–water partition coefficient (Wildman–Crippen LogP) is 4.21. The maximum Gasteiger partial charge on any atom is 0.573 e. The van der Waals surface area contributed by atoms with E-state index in [2.05, 4.69) is 9.47 Å². The van der Waals surface area contributed by atoms with Gasteiger partial charge in [-0.25, -0.2) is 0 Å². The molecule has 0 radical (unpaired) electrons. The first kappa shape index (κ1) is 21.5. The Hall–Kier alpha value is -1.49. The van der Waals surface area contributed by atoms with Gasteiger partial charge in [-0.1, -0.05) is 0 Å². The molecule has 2 N–H and O–H groups in total. The maximum absolute atomic E-state index is 13.2. The average molecular weight is 376 g/mol. The maximum atomic E-state index is 13.2. The number of alkyl halides is 8. The van der Waals surface area contributed by atoms with Gasteiger partial charge < -0.3 is 15.2 Å². The molecule has 0 aliphatic rings. The molecule has 0 aliphatic carbocycles. The first-order chi connectivity index (χ1) is 9.79. The highest BCUT2D eigenvalue weighted by molar-refractivity contribution is 5.85. The number of nitrogens with two attached hydrogens (primary N) is 1. The van der Waals surface area contributed by atoms with Crippen LogP contribution in [0.25, 0.3) is 0 Å². The number of halogens is 9. The Labute approximate surface area is 130 Å². The molecule has 1 atom stereocenters. The van der Waals surface area contributed by atoms with Gasteiger partial charge in [-0.05, 0) is 18.2 Å². The van der Waals surface area contributed by atoms with Gasteiger partial charge in [0.1, 0.15) is 17.5 Å². The summed E-state index contributed by atoms with van der Waals surface area (Å²) in [6.45, 7) is 0. The summed E-state index contributed by atoms with van der Waals surface area (Å²) in [5, 5.41) is 0. The molecule has 134 valence electrons. The molecule has 0 heterocycles. The number of ether oxygens (including phenoxy) is 2. The summed E-state index contributed by atoms with van der Waals surface area (Å²) in [6, 6.07) is -1.23. The van der Waals surface area contributed by atoms with Crippen molar-refractivity contribution in [3.8, 4) is 11.5 Å². The molecule has 0 spiro atoms. The van der Waals surface area contributed by atoms with Crippen molar-refractivity contribution in [2.24, 2.45) is 5.73 Å². The standard InChI is InChI=1S/C11H9F8NO2.ClH/c1-21-7-3-2-5(22-11(17,18)19)4-6(7)8(20)9(12,13)10(14,15)16;/h2-4,8H,20H2,1H3;1H/t8-;/m1./s1. The van der Waals surface area contributed by atoms with Crippen molar-refractivity contribution in [3.63, 3.8) is 0 Å². The van der Waals surface area contributed by atoms with Gasteiger partial charge in [0.2, 0.25) is 0 Å². The zero-order chi connectivity index (χ0) is 17.3. The van der Waals surface area contributed by atoms with Crippen LogP contribution in [0.2, 0.25) is 0 Å². The van der Waals surface area contributed by atoms with Crippen LogP contribution in [0.3, 0.4) is 0 Å². The summed E-state index contributed by atoms with van der Waals surface area (Å²) in [7, 11) is 0.932. The van der Waals surface area contributed by atoms with E-state index in [1.165, 1.54) is 0 Å². The Balaban J connectivity index is 0.00000484. The number of hydrogen-bond donors (Lipinski definition) is 1. The summed E-state index contributed by atoms with van der Waals surface area (Å²) < 4.78 is 108. The lowest BCUT2D eigenvalue weighted by atomic mass is 9.99. The third-order valence-corrected chi connectivity index (χ3v) is 2.54. The van der Waals surface area contributed by atoms with Crippen LogP contribution in [0.1, 0.15) is 11.6 Å². The molecule has 0 fully saturated rings. The molecule has 0 aromatic heterocycles. The van der Waals surface area contributed by atoms with E-state index in [1.54, 1.807) is 0 Å². The zero-order valence-electron chi connectivity index (χ0n) is 11.1. The Morgan fingerprint density at radius 2 is 1.52 bits per heavy atom. The van der Waals surface area contributed by atoms with Gasteiger partial charge in [-0.3, -0.25) is 0 Å². The van der Waals surface area contributed by atoms with Crippen LogP contribution in [0.4, 0.5) is 35.1 Å². The van der Waals surface area contributed by atoms with Crippen molar-refractivity contribution in [3.05, 3.63) is 23.8 Å². The van der Waals surface area contributed by atoms with Gasteiger partial charge in [-0.15, -0.1) is 25.6 Å². The lowest BCUT2D eigenvalue weighted by Crippen LogP contribution is -2.46. The molecule has 3 nitrogen and oxygen atoms in total. The topological polar surface area (TPSA) is 44.5 Å². The molecular weight excluding hydrogens is 366 g/mol. The van der Waals surface area contributed by atoms with Gasteiger partial charge in [0.25, 0.3) is 0 Å². The van der Waals surface area contributed by atoms with Crippen molar-refractivity contribution >= 4 is 12.4 Å². The number of benzene rings is 1. The Bertz CT molecular complexity index is 532. The second-order valence-corrected chi connectivity index (χ2v) is 4.05. The minimum Gasteiger partial charge on any atom is -0.496 e. The second kappa shape index (κ2) is 6.95. The molecule has 0 unspecified atom stereocenters. The van der Waals surface area contributed by atoms with E-state index in [0.717, 1.165) is 13.2 Å². The highest BCUT2D eigenvalue weighted by Crippen LogP contribution is 2.46. The van der Waals surface area contributed by atoms with Gasteiger partial charge in [0, 0.05) is 5.56 Å². The van der Waals surface area contributed by atoms with Crippen molar-refractivity contribution in [2.75, 3.05) is 7.11 Å². The van der Waals surface area contributed by atoms with Gasteiger partial charge >= 0.3 is 18.5 Å². The summed E-state index contributed by atoms with van der Waals surface area (Å²) in [5.74, 6) is -6.92. The summed E-state index contributed by atoms with van der Waals surface area (Å²) in [4.78, 5) is 0. The first-order valence-corrected chi connectivity index (χ1v) is 5.43. The van der Waals surface area contributed by atoms with E-state index in [-0.39, 0.29) is 12.4 Å². The highest BCUT2D eigenvalue weighted by Gasteiger charge is 2.62. The molecule has 23 heavy (non-hydrogen) atoms. The minimum absolute atomic E-state index is 0. The quantitative estimate of drug-likeness (QED) is 0.802. The van der Waals surface area contributed by atoms with Crippen LogP contribution < -0.4 is 15.2 Å². The van der Waals surface area contributed by atoms with Crippen molar-refractivity contribution in [1.29, 1.82) is 0 Å². The molecule has 1 aromatic rings. The fraction of sp³-hybridized carbons (Fsp3) is 0.455. The Morgan fingerprint density at radius 3 is 1.91 bits per heavy atom. The smallest absolute Gasteiger partial charge is 0.496 e. The first-order valence-electron chi connectivity index (χ1n) is 5.43. The number of rotatable bonds is 4. The predicted molar refractivity (Wildman–Crippen MR) is 64.9 cm³/mol. The van der Waals surface area contributed by atoms with Crippen molar-refractivity contribution < 1.29 is 44.6 Å². The normalized spacial score (nSPS) is 14.0. The van der Waals surface area contributed by atoms with Crippen LogP contribution >= 0.6 is 12.4 Å². The van der Waals surface area contributed by atoms with Crippen LogP contribution in [0, 0.1) is 0 Å². The van der Waals surface area contributed by atoms with Crippen LogP contribution in [0.15, 0.2) is 18.2 Å². The van der Waals surface area contributed by atoms with E-state index in [1.807, 2.05) is 0 Å². The van der Waals surface area contributed by atoms with Gasteiger partial charge in [-0.2, -0.15) is 22.0 Å². The molecule has 0 saturated heterocycles. The number of methoxy groups -OCH3 is 1. The third kappa shape index (κ3) is 4.99. The summed E-state index contributed by atoms with van der Waals surface area (Å²) in [5.41, 5.74) is 3.90. The van der Waals surface area contributed by atoms with Gasteiger partial charge in [0.15, 0.2) is 0 Å². The molecule has 1 aromatic carbocycles. The van der Waals surface area contributed by atoms with Gasteiger partial charge in [0.05, 0.1) is 7.11 Å². The molecule has 0 bridgehead atoms. The lowest BCUT2D eigenvalue weighted by Gasteiger charge is -2.27. The molecule has 0 amide bonds. The number of hydrogen-bond acceptors (Lipinski definition) is 3. The van der Waals surface area contributed by atoms with E-state index < -0.39 is 41.6 Å². The van der Waals surface area contributed by atoms with Crippen LogP contribution in [-0.4, -0.2) is 25.6 Å². The Kier molecular flexibility index (Phi) is 6.50. The lowest BCUT2D eigenvalue weighted by molar-refractivity contribution is -0.291. The van der Waals surface area contributed by atoms with Crippen molar-refractivity contribution in [2.45, 2.75) is 24.5 Å². The zero-order valence-corrected chi connectivity index (χ0v) is 12.0. The molecule has 12 heteroatoms. The van der Waals surface area contributed by atoms with E-state index in [0.29, 0.717) is 12.1 Å². The summed E-state index contributed by atoms with van der Waals surface area (Å²) in [6.07, 6.45) is -11.1. The monoisotopic (exact) mass is 375 g/mol. The minimum atomic E-state index is -5.99. The highest BCUT2D eigenvalue weighted by atomic mass is 35.5. The third-order valence-electron chi connectivity index (χ3n) is 2.54. The van der Waals surface area contributed by atoms with E-state index in [4.69, 9.17) is 5.73 Å². The second-order valence-electron chi connectivity index (χ2n) is 4.05. The SMILES string of the molecule is COc1ccc(OC(F)(F)F)cc1[C@@H](N)C(F)(F)C(F)(F)F.Cl. The fourth-order valence-corrected chi connectivity index (χ4v) is 1.52. The molecule has 1 rings (SSSR count). The average Bonchev–Trinajstić information content (AvgIpc) is 2.34. The Morgan fingerprint density at radius 1 is 1.00 bits per heavy atom. The molecular formula is C11H10ClF8NO2. The fourth-order valence-electron chi connectivity index (χ4n) is 1.52. The van der Waals surface area contributed by atoms with E-state index in [9.17, 15) is 35.1 Å². The largest absolute Gasteiger partial charge is 0.573 e. The van der Waals surface area contributed by atoms with Crippen LogP contribution in [0.5, 0.6) is 11.5 Å². The van der Waals surface area contributed by atoms with Crippen molar-refractivity contribution in [1.82, 2.24) is 0 Å². The molecule has 0 saturated carbocycles. The molecule has 0 aliphatic heterocycles. The van der Waals surface area contributed by atoms with Crippen LogP contribution in [-0.2, 0) is 0 Å². The van der Waals surface area contributed by atoms with E-state index >= 15 is 0 Å². The summed E-state index contributed by atoms with van der Waals surface area (Å²) >= 11 is 0.